The van der Waals surface area contributed by atoms with E-state index < -0.39 is 0 Å². The number of hydrogen-bond donors (Lipinski definition) is 2. The van der Waals surface area contributed by atoms with E-state index in [1.807, 2.05) is 12.1 Å². The molecule has 0 amide bonds. The Balaban J connectivity index is 1.79. The quantitative estimate of drug-likeness (QED) is 0.819. The number of hydrogen-bond acceptors (Lipinski definition) is 2. The Morgan fingerprint density at radius 2 is 1.88 bits per heavy atom. The van der Waals surface area contributed by atoms with Gasteiger partial charge in [-0.15, -0.1) is 0 Å². The molecular formula is C15H23NO. The highest BCUT2D eigenvalue weighted by Gasteiger charge is 2.24. The van der Waals surface area contributed by atoms with Crippen LogP contribution in [0.1, 0.15) is 38.7 Å². The zero-order valence-electron chi connectivity index (χ0n) is 10.8. The predicted octanol–water partition coefficient (Wildman–Crippen LogP) is 3.10. The van der Waals surface area contributed by atoms with Crippen LogP contribution in [-0.2, 0) is 6.42 Å². The summed E-state index contributed by atoms with van der Waals surface area (Å²) >= 11 is 0. The molecule has 2 rings (SSSR count). The van der Waals surface area contributed by atoms with Gasteiger partial charge in [0.15, 0.2) is 0 Å². The third-order valence-corrected chi connectivity index (χ3v) is 3.88. The van der Waals surface area contributed by atoms with Crippen LogP contribution in [-0.4, -0.2) is 17.2 Å². The first-order chi connectivity index (χ1) is 8.15. The zero-order valence-corrected chi connectivity index (χ0v) is 10.8. The third-order valence-electron chi connectivity index (χ3n) is 3.88. The summed E-state index contributed by atoms with van der Waals surface area (Å²) in [6.45, 7) is 4.54. The molecule has 1 aliphatic rings. The van der Waals surface area contributed by atoms with Crippen molar-refractivity contribution in [3.63, 3.8) is 0 Å². The van der Waals surface area contributed by atoms with Crippen LogP contribution in [0.4, 0.5) is 0 Å². The molecule has 1 aromatic rings. The van der Waals surface area contributed by atoms with Crippen LogP contribution in [0.25, 0.3) is 0 Å². The Bertz CT molecular complexity index is 342. The van der Waals surface area contributed by atoms with Gasteiger partial charge in [0, 0.05) is 12.1 Å². The van der Waals surface area contributed by atoms with E-state index in [-0.39, 0.29) is 0 Å². The topological polar surface area (TPSA) is 32.3 Å². The molecule has 0 saturated heterocycles. The number of rotatable bonds is 5. The van der Waals surface area contributed by atoms with E-state index in [2.05, 4.69) is 19.2 Å². The van der Waals surface area contributed by atoms with E-state index >= 15 is 0 Å². The van der Waals surface area contributed by atoms with Crippen molar-refractivity contribution in [2.24, 2.45) is 5.92 Å². The van der Waals surface area contributed by atoms with Gasteiger partial charge in [0.05, 0.1) is 0 Å². The van der Waals surface area contributed by atoms with Crippen molar-refractivity contribution >= 4 is 0 Å². The second-order valence-corrected chi connectivity index (χ2v) is 5.42. The molecule has 1 fully saturated rings. The van der Waals surface area contributed by atoms with E-state index in [4.69, 9.17) is 0 Å². The van der Waals surface area contributed by atoms with Crippen molar-refractivity contribution < 1.29 is 5.11 Å². The molecule has 0 spiro atoms. The Hall–Kier alpha value is -1.02. The highest BCUT2D eigenvalue weighted by Crippen LogP contribution is 2.29. The van der Waals surface area contributed by atoms with Crippen LogP contribution in [0.5, 0.6) is 5.75 Å². The molecule has 94 valence electrons. The minimum atomic E-state index is 0.345. The molecule has 2 N–H and O–H groups in total. The van der Waals surface area contributed by atoms with Crippen molar-refractivity contribution in [3.8, 4) is 5.75 Å². The molecule has 2 heteroatoms. The lowest BCUT2D eigenvalue weighted by atomic mass is 9.80. The molecule has 1 aromatic carbocycles. The summed E-state index contributed by atoms with van der Waals surface area (Å²) in [6, 6.07) is 8.66. The summed E-state index contributed by atoms with van der Waals surface area (Å²) in [5.74, 6) is 1.23. The van der Waals surface area contributed by atoms with Gasteiger partial charge in [0.25, 0.3) is 0 Å². The van der Waals surface area contributed by atoms with Gasteiger partial charge in [-0.3, -0.25) is 0 Å². The molecule has 17 heavy (non-hydrogen) atoms. The second-order valence-electron chi connectivity index (χ2n) is 5.42. The van der Waals surface area contributed by atoms with E-state index in [9.17, 15) is 5.11 Å². The van der Waals surface area contributed by atoms with E-state index in [0.717, 1.165) is 12.3 Å². The maximum Gasteiger partial charge on any atom is 0.115 e. The summed E-state index contributed by atoms with van der Waals surface area (Å²) in [5, 5.41) is 12.9. The number of nitrogens with one attached hydrogen (secondary N) is 1. The molecular weight excluding hydrogens is 210 g/mol. The zero-order chi connectivity index (χ0) is 12.3. The SMILES string of the molecule is CC(Cc1ccc(O)cc1)NC(C)C1CCC1. The summed E-state index contributed by atoms with van der Waals surface area (Å²) in [4.78, 5) is 0. The van der Waals surface area contributed by atoms with E-state index in [1.54, 1.807) is 12.1 Å². The molecule has 0 aromatic heterocycles. The lowest BCUT2D eigenvalue weighted by Crippen LogP contribution is -2.42. The largest absolute Gasteiger partial charge is 0.508 e. The summed E-state index contributed by atoms with van der Waals surface area (Å²) in [7, 11) is 0. The lowest BCUT2D eigenvalue weighted by molar-refractivity contribution is 0.229. The third kappa shape index (κ3) is 3.47. The molecule has 1 aliphatic carbocycles. The van der Waals surface area contributed by atoms with Crippen LogP contribution < -0.4 is 5.32 Å². The lowest BCUT2D eigenvalue weighted by Gasteiger charge is -2.34. The molecule has 1 saturated carbocycles. The standard InChI is InChI=1S/C15H23NO/c1-11(16-12(2)14-4-3-5-14)10-13-6-8-15(17)9-7-13/h6-9,11-12,14,16-17H,3-5,10H2,1-2H3. The van der Waals surface area contributed by atoms with Gasteiger partial charge in [0.1, 0.15) is 5.75 Å². The van der Waals surface area contributed by atoms with Crippen LogP contribution >= 0.6 is 0 Å². The molecule has 2 nitrogen and oxygen atoms in total. The highest BCUT2D eigenvalue weighted by molar-refractivity contribution is 5.26. The minimum absolute atomic E-state index is 0.345. The molecule has 0 radical (unpaired) electrons. The molecule has 0 bridgehead atoms. The van der Waals surface area contributed by atoms with Crippen molar-refractivity contribution in [1.29, 1.82) is 0 Å². The summed E-state index contributed by atoms with van der Waals surface area (Å²) in [6.07, 6.45) is 5.21. The van der Waals surface area contributed by atoms with Gasteiger partial charge in [0.2, 0.25) is 0 Å². The fourth-order valence-corrected chi connectivity index (χ4v) is 2.57. The van der Waals surface area contributed by atoms with Crippen LogP contribution in [0.2, 0.25) is 0 Å². The second kappa shape index (κ2) is 5.54. The fraction of sp³-hybridized carbons (Fsp3) is 0.600. The first-order valence-corrected chi connectivity index (χ1v) is 6.69. The van der Waals surface area contributed by atoms with Crippen LogP contribution in [0.3, 0.4) is 0 Å². The average Bonchev–Trinajstić information content (AvgIpc) is 2.18. The highest BCUT2D eigenvalue weighted by atomic mass is 16.3. The predicted molar refractivity (Wildman–Crippen MR) is 71.2 cm³/mol. The minimum Gasteiger partial charge on any atom is -0.508 e. The van der Waals surface area contributed by atoms with Crippen molar-refractivity contribution in [1.82, 2.24) is 5.32 Å². The summed E-state index contributed by atoms with van der Waals surface area (Å²) < 4.78 is 0. The molecule has 2 unspecified atom stereocenters. The number of phenols is 1. The maximum atomic E-state index is 9.23. The van der Waals surface area contributed by atoms with Gasteiger partial charge in [-0.2, -0.15) is 0 Å². The number of aromatic hydroxyl groups is 1. The molecule has 0 aliphatic heterocycles. The smallest absolute Gasteiger partial charge is 0.115 e. The Morgan fingerprint density at radius 3 is 2.41 bits per heavy atom. The Morgan fingerprint density at radius 1 is 1.24 bits per heavy atom. The molecule has 2 atom stereocenters. The van der Waals surface area contributed by atoms with Gasteiger partial charge in [-0.25, -0.2) is 0 Å². The fourth-order valence-electron chi connectivity index (χ4n) is 2.57. The van der Waals surface area contributed by atoms with E-state index in [1.165, 1.54) is 24.8 Å². The van der Waals surface area contributed by atoms with E-state index in [0.29, 0.717) is 17.8 Å². The van der Waals surface area contributed by atoms with Crippen LogP contribution in [0.15, 0.2) is 24.3 Å². The maximum absolute atomic E-state index is 9.23. The Labute approximate surface area is 104 Å². The number of benzene rings is 1. The van der Waals surface area contributed by atoms with Crippen molar-refractivity contribution in [2.45, 2.75) is 51.6 Å². The van der Waals surface area contributed by atoms with Crippen molar-refractivity contribution in [3.05, 3.63) is 29.8 Å². The molecule has 0 heterocycles. The number of phenolic OH excluding ortho intramolecular Hbond substituents is 1. The normalized spacial score (nSPS) is 19.6. The monoisotopic (exact) mass is 233 g/mol. The van der Waals surface area contributed by atoms with Gasteiger partial charge < -0.3 is 10.4 Å². The van der Waals surface area contributed by atoms with Gasteiger partial charge in [-0.1, -0.05) is 18.6 Å². The van der Waals surface area contributed by atoms with Crippen LogP contribution in [0, 0.1) is 5.92 Å². The first-order valence-electron chi connectivity index (χ1n) is 6.69. The Kier molecular flexibility index (Phi) is 4.06. The average molecular weight is 233 g/mol. The van der Waals surface area contributed by atoms with Gasteiger partial charge >= 0.3 is 0 Å². The van der Waals surface area contributed by atoms with Gasteiger partial charge in [-0.05, 0) is 56.7 Å². The first kappa shape index (κ1) is 12.4. The summed E-state index contributed by atoms with van der Waals surface area (Å²) in [5.41, 5.74) is 1.28. The van der Waals surface area contributed by atoms with Crippen molar-refractivity contribution in [2.75, 3.05) is 0 Å².